The van der Waals surface area contributed by atoms with Gasteiger partial charge in [0, 0.05) is 65.4 Å². The van der Waals surface area contributed by atoms with E-state index < -0.39 is 0 Å². The zero-order chi connectivity index (χ0) is 10.7. The first kappa shape index (κ1) is 24.3. The Labute approximate surface area is 166 Å². The molecule has 2 nitrogen and oxygen atoms in total. The van der Waals surface area contributed by atoms with Gasteiger partial charge in [0.1, 0.15) is 11.5 Å². The molecule has 0 unspecified atom stereocenters. The second kappa shape index (κ2) is 12.0. The molecule has 0 saturated heterocycles. The van der Waals surface area contributed by atoms with Crippen LogP contribution in [-0.4, -0.2) is 10.2 Å². The Balaban J connectivity index is -0.000000640. The van der Waals surface area contributed by atoms with Crippen LogP contribution in [0.25, 0.3) is 0 Å². The number of rotatable bonds is 2. The van der Waals surface area contributed by atoms with Gasteiger partial charge in [-0.1, -0.05) is 24.3 Å². The monoisotopic (exact) mass is 408 g/mol. The largest absolute Gasteiger partial charge is 0.508 e. The van der Waals surface area contributed by atoms with Gasteiger partial charge in [0.05, 0.1) is 0 Å². The van der Waals surface area contributed by atoms with Crippen molar-refractivity contribution >= 4 is 0 Å². The van der Waals surface area contributed by atoms with Crippen molar-refractivity contribution in [2.75, 3.05) is 0 Å². The van der Waals surface area contributed by atoms with E-state index in [9.17, 15) is 0 Å². The predicted molar refractivity (Wildman–Crippen MR) is 71.8 cm³/mol. The molecule has 0 saturated carbocycles. The molecule has 0 aromatic heterocycles. The second-order valence-corrected chi connectivity index (χ2v) is 3.51. The summed E-state index contributed by atoms with van der Waals surface area (Å²) in [6.45, 7) is 0. The van der Waals surface area contributed by atoms with Gasteiger partial charge in [0.25, 0.3) is 0 Å². The molecule has 2 aromatic carbocycles. The molecule has 0 spiro atoms. The minimum atomic E-state index is 0. The number of hydrogen-bond acceptors (Lipinski definition) is 2. The van der Waals surface area contributed by atoms with Crippen LogP contribution in [0, 0.1) is 14.9 Å². The SMILES string of the molecule is Oc1ccc(Cc2ccc(O)cc2)cc1.[CH3-].[CH3-].[Y].[Y]. The molecular weight excluding hydrogens is 390 g/mol. The van der Waals surface area contributed by atoms with Gasteiger partial charge < -0.3 is 25.1 Å². The Morgan fingerprint density at radius 3 is 1.11 bits per heavy atom. The summed E-state index contributed by atoms with van der Waals surface area (Å²) in [6.07, 6.45) is 0.806. The molecule has 0 aliphatic heterocycles. The summed E-state index contributed by atoms with van der Waals surface area (Å²) < 4.78 is 0. The number of phenolic OH excluding ortho intramolecular Hbond substituents is 2. The molecule has 98 valence electrons. The number of aromatic hydroxyl groups is 2. The first-order chi connectivity index (χ1) is 7.24. The van der Waals surface area contributed by atoms with E-state index in [1.165, 1.54) is 0 Å². The van der Waals surface area contributed by atoms with Crippen molar-refractivity contribution in [3.8, 4) is 11.5 Å². The first-order valence-electron chi connectivity index (χ1n) is 4.80. The smallest absolute Gasteiger partial charge is 0.115 e. The summed E-state index contributed by atoms with van der Waals surface area (Å²) in [5.74, 6) is 0.564. The standard InChI is InChI=1S/C13H12O2.2CH3.2Y/c14-12-5-1-10(2-6-12)9-11-3-7-13(15)8-4-11;;;;/h1-8,14-15H,9H2;2*1H3;;/q;2*-1;;. The van der Waals surface area contributed by atoms with Crippen molar-refractivity contribution in [1.82, 2.24) is 0 Å². The molecule has 4 heteroatoms. The van der Waals surface area contributed by atoms with Gasteiger partial charge in [-0.15, -0.1) is 0 Å². The summed E-state index contributed by atoms with van der Waals surface area (Å²) >= 11 is 0. The summed E-state index contributed by atoms with van der Waals surface area (Å²) in [5, 5.41) is 18.3. The van der Waals surface area contributed by atoms with Gasteiger partial charge in [-0.3, -0.25) is 0 Å². The van der Waals surface area contributed by atoms with Crippen LogP contribution in [0.1, 0.15) is 11.1 Å². The molecule has 0 aliphatic carbocycles. The molecular formula is C15H18O2Y2-2. The Kier molecular flexibility index (Phi) is 15.4. The second-order valence-electron chi connectivity index (χ2n) is 3.51. The minimum Gasteiger partial charge on any atom is -0.508 e. The minimum absolute atomic E-state index is 0. The van der Waals surface area contributed by atoms with Crippen molar-refractivity contribution in [2.45, 2.75) is 6.42 Å². The summed E-state index contributed by atoms with van der Waals surface area (Å²) in [4.78, 5) is 0. The average molecular weight is 408 g/mol. The molecule has 0 fully saturated rings. The van der Waals surface area contributed by atoms with Crippen LogP contribution in [0.2, 0.25) is 0 Å². The van der Waals surface area contributed by atoms with Crippen LogP contribution in [0.3, 0.4) is 0 Å². The number of benzene rings is 2. The summed E-state index contributed by atoms with van der Waals surface area (Å²) in [6, 6.07) is 14.3. The van der Waals surface area contributed by atoms with Crippen molar-refractivity contribution in [2.24, 2.45) is 0 Å². The Morgan fingerprint density at radius 1 is 0.579 bits per heavy atom. The molecule has 0 bridgehead atoms. The fourth-order valence-electron chi connectivity index (χ4n) is 1.46. The summed E-state index contributed by atoms with van der Waals surface area (Å²) in [7, 11) is 0. The molecule has 0 amide bonds. The zero-order valence-corrected chi connectivity index (χ0v) is 17.1. The topological polar surface area (TPSA) is 40.5 Å². The van der Waals surface area contributed by atoms with Crippen LogP contribution in [-0.2, 0) is 71.8 Å². The van der Waals surface area contributed by atoms with E-state index in [2.05, 4.69) is 0 Å². The maximum atomic E-state index is 9.13. The fraction of sp³-hybridized carbons (Fsp3) is 0.0667. The molecule has 2 N–H and O–H groups in total. The molecule has 2 aromatic rings. The number of hydrogen-bond donors (Lipinski definition) is 2. The molecule has 19 heavy (non-hydrogen) atoms. The maximum Gasteiger partial charge on any atom is 0.115 e. The zero-order valence-electron chi connectivity index (χ0n) is 11.4. The van der Waals surface area contributed by atoms with Crippen LogP contribution in [0.4, 0.5) is 0 Å². The van der Waals surface area contributed by atoms with Gasteiger partial charge >= 0.3 is 0 Å². The third-order valence-corrected chi connectivity index (χ3v) is 2.28. The van der Waals surface area contributed by atoms with Crippen LogP contribution < -0.4 is 0 Å². The van der Waals surface area contributed by atoms with Crippen LogP contribution in [0.15, 0.2) is 48.5 Å². The molecule has 0 heterocycles. The van der Waals surface area contributed by atoms with E-state index in [0.717, 1.165) is 17.5 Å². The van der Waals surface area contributed by atoms with Gasteiger partial charge in [-0.05, 0) is 41.8 Å². The molecule has 2 rings (SSSR count). The number of phenols is 2. The van der Waals surface area contributed by atoms with Crippen molar-refractivity contribution in [3.63, 3.8) is 0 Å². The average Bonchev–Trinajstić information content (AvgIpc) is 2.25. The van der Waals surface area contributed by atoms with Crippen LogP contribution >= 0.6 is 0 Å². The van der Waals surface area contributed by atoms with Gasteiger partial charge in [0.2, 0.25) is 0 Å². The Hall–Kier alpha value is 0.248. The Bertz CT molecular complexity index is 395. The fourth-order valence-corrected chi connectivity index (χ4v) is 1.46. The summed E-state index contributed by atoms with van der Waals surface area (Å²) in [5.41, 5.74) is 2.27. The van der Waals surface area contributed by atoms with Gasteiger partial charge in [-0.25, -0.2) is 0 Å². The van der Waals surface area contributed by atoms with E-state index >= 15 is 0 Å². The molecule has 0 aliphatic rings. The quantitative estimate of drug-likeness (QED) is 0.747. The van der Waals surface area contributed by atoms with Crippen molar-refractivity contribution in [3.05, 3.63) is 74.5 Å². The van der Waals surface area contributed by atoms with Gasteiger partial charge in [0.15, 0.2) is 0 Å². The normalized spacial score (nSPS) is 8.00. The van der Waals surface area contributed by atoms with E-state index in [1.54, 1.807) is 24.3 Å². The van der Waals surface area contributed by atoms with Crippen molar-refractivity contribution in [1.29, 1.82) is 0 Å². The first-order valence-corrected chi connectivity index (χ1v) is 4.80. The molecule has 0 atom stereocenters. The third-order valence-electron chi connectivity index (χ3n) is 2.28. The van der Waals surface area contributed by atoms with Crippen molar-refractivity contribution < 1.29 is 75.6 Å². The van der Waals surface area contributed by atoms with Gasteiger partial charge in [-0.2, -0.15) is 0 Å². The van der Waals surface area contributed by atoms with E-state index in [1.807, 2.05) is 24.3 Å². The maximum absolute atomic E-state index is 9.13. The van der Waals surface area contributed by atoms with E-state index in [0.29, 0.717) is 0 Å². The van der Waals surface area contributed by atoms with E-state index in [4.69, 9.17) is 10.2 Å². The molecule has 2 radical (unpaired) electrons. The predicted octanol–water partition coefficient (Wildman–Crippen LogP) is 3.58. The Morgan fingerprint density at radius 2 is 0.842 bits per heavy atom. The van der Waals surface area contributed by atoms with E-state index in [-0.39, 0.29) is 91.8 Å². The van der Waals surface area contributed by atoms with Crippen LogP contribution in [0.5, 0.6) is 11.5 Å². The third kappa shape index (κ3) is 8.19.